The molecule has 0 saturated carbocycles. The molecule has 1 atom stereocenters. The van der Waals surface area contributed by atoms with E-state index >= 15 is 0 Å². The van der Waals surface area contributed by atoms with Gasteiger partial charge in [0.15, 0.2) is 0 Å². The summed E-state index contributed by atoms with van der Waals surface area (Å²) in [5.41, 5.74) is 0.715. The summed E-state index contributed by atoms with van der Waals surface area (Å²) in [4.78, 5) is 3.92. The molecule has 1 aliphatic rings. The molecule has 5 heteroatoms. The van der Waals surface area contributed by atoms with Crippen LogP contribution in [0, 0.1) is 0 Å². The maximum Gasteiger partial charge on any atom is 0.391 e. The Morgan fingerprint density at radius 2 is 1.94 bits per heavy atom. The Kier molecular flexibility index (Phi) is 2.85. The van der Waals surface area contributed by atoms with Crippen LogP contribution in [0.4, 0.5) is 13.2 Å². The van der Waals surface area contributed by atoms with Gasteiger partial charge in [-0.1, -0.05) is 18.2 Å². The number of benzene rings is 1. The Morgan fingerprint density at radius 1 is 1.25 bits per heavy atom. The number of hydrogen-bond donors (Lipinski definition) is 0. The molecule has 1 heterocycles. The van der Waals surface area contributed by atoms with Crippen molar-refractivity contribution in [2.75, 3.05) is 6.61 Å². The van der Waals surface area contributed by atoms with Crippen molar-refractivity contribution < 1.29 is 17.9 Å². The number of halogens is 3. The monoisotopic (exact) mass is 229 g/mol. The number of aliphatic imine (C=N–C) groups is 1. The van der Waals surface area contributed by atoms with Gasteiger partial charge in [0.05, 0.1) is 12.5 Å². The summed E-state index contributed by atoms with van der Waals surface area (Å²) < 4.78 is 41.5. The fourth-order valence-corrected chi connectivity index (χ4v) is 1.53. The van der Waals surface area contributed by atoms with Crippen LogP contribution in [0.2, 0.25) is 0 Å². The fourth-order valence-electron chi connectivity index (χ4n) is 1.53. The molecule has 0 bridgehead atoms. The van der Waals surface area contributed by atoms with Gasteiger partial charge in [0.1, 0.15) is 6.61 Å². The Hall–Kier alpha value is -1.52. The highest BCUT2D eigenvalue weighted by Gasteiger charge is 2.34. The average Bonchev–Trinajstić information content (AvgIpc) is 2.65. The van der Waals surface area contributed by atoms with Gasteiger partial charge in [-0.15, -0.1) is 0 Å². The zero-order valence-corrected chi connectivity index (χ0v) is 8.37. The largest absolute Gasteiger partial charge is 0.475 e. The van der Waals surface area contributed by atoms with Crippen LogP contribution in [-0.4, -0.2) is 24.7 Å². The van der Waals surface area contributed by atoms with Gasteiger partial charge in [0.25, 0.3) is 0 Å². The highest BCUT2D eigenvalue weighted by molar-refractivity contribution is 5.95. The number of alkyl halides is 3. The summed E-state index contributed by atoms with van der Waals surface area (Å²) >= 11 is 0. The normalized spacial score (nSPS) is 20.4. The molecule has 1 aromatic rings. The minimum Gasteiger partial charge on any atom is -0.475 e. The third kappa shape index (κ3) is 2.74. The first-order valence-corrected chi connectivity index (χ1v) is 4.87. The molecule has 0 amide bonds. The second kappa shape index (κ2) is 4.15. The number of ether oxygens (including phenoxy) is 1. The Labute approximate surface area is 90.8 Å². The molecule has 0 aromatic heterocycles. The summed E-state index contributed by atoms with van der Waals surface area (Å²) in [6.45, 7) is 0.00371. The standard InChI is InChI=1S/C11H10F3NO/c12-11(13,14)6-9-7-16-10(15-9)8-4-2-1-3-5-8/h1-5,9H,6-7H2/t9-/m1/s1. The van der Waals surface area contributed by atoms with Crippen LogP contribution < -0.4 is 0 Å². The van der Waals surface area contributed by atoms with Crippen molar-refractivity contribution >= 4 is 5.90 Å². The van der Waals surface area contributed by atoms with Crippen LogP contribution in [0.5, 0.6) is 0 Å². The summed E-state index contributed by atoms with van der Waals surface area (Å²) in [6.07, 6.45) is -5.12. The summed E-state index contributed by atoms with van der Waals surface area (Å²) in [6, 6.07) is 8.11. The minimum atomic E-state index is -4.19. The van der Waals surface area contributed by atoms with E-state index in [9.17, 15) is 13.2 Å². The van der Waals surface area contributed by atoms with Gasteiger partial charge in [-0.3, -0.25) is 0 Å². The number of nitrogens with zero attached hydrogens (tertiary/aromatic N) is 1. The first-order valence-electron chi connectivity index (χ1n) is 4.87. The van der Waals surface area contributed by atoms with Crippen LogP contribution in [0.1, 0.15) is 12.0 Å². The molecule has 2 rings (SSSR count). The van der Waals surface area contributed by atoms with E-state index in [1.807, 2.05) is 6.07 Å². The van der Waals surface area contributed by atoms with E-state index in [1.54, 1.807) is 24.3 Å². The van der Waals surface area contributed by atoms with E-state index in [0.717, 1.165) is 0 Å². The Bertz CT molecular complexity index is 386. The second-order valence-electron chi connectivity index (χ2n) is 3.58. The smallest absolute Gasteiger partial charge is 0.391 e. The van der Waals surface area contributed by atoms with E-state index in [-0.39, 0.29) is 6.61 Å². The molecule has 2 nitrogen and oxygen atoms in total. The molecule has 0 saturated heterocycles. The third-order valence-corrected chi connectivity index (χ3v) is 2.20. The lowest BCUT2D eigenvalue weighted by atomic mass is 10.2. The molecule has 16 heavy (non-hydrogen) atoms. The number of hydrogen-bond acceptors (Lipinski definition) is 2. The lowest BCUT2D eigenvalue weighted by Gasteiger charge is -2.07. The molecule has 0 fully saturated rings. The quantitative estimate of drug-likeness (QED) is 0.764. The molecule has 0 aliphatic carbocycles. The van der Waals surface area contributed by atoms with Gasteiger partial charge in [-0.2, -0.15) is 13.2 Å². The minimum absolute atomic E-state index is 0.00371. The van der Waals surface area contributed by atoms with E-state index in [4.69, 9.17) is 4.74 Å². The molecule has 0 unspecified atom stereocenters. The van der Waals surface area contributed by atoms with Crippen molar-refractivity contribution in [1.82, 2.24) is 0 Å². The predicted octanol–water partition coefficient (Wildman–Crippen LogP) is 2.78. The zero-order chi connectivity index (χ0) is 11.6. The molecule has 86 valence electrons. The van der Waals surface area contributed by atoms with Gasteiger partial charge in [0.2, 0.25) is 5.90 Å². The average molecular weight is 229 g/mol. The van der Waals surface area contributed by atoms with E-state index in [0.29, 0.717) is 11.5 Å². The number of rotatable bonds is 2. The summed E-state index contributed by atoms with van der Waals surface area (Å²) in [5.74, 6) is 0.301. The first-order chi connectivity index (χ1) is 7.54. The van der Waals surface area contributed by atoms with Crippen LogP contribution in [0.25, 0.3) is 0 Å². The third-order valence-electron chi connectivity index (χ3n) is 2.20. The van der Waals surface area contributed by atoms with Gasteiger partial charge in [-0.05, 0) is 12.1 Å². The van der Waals surface area contributed by atoms with Crippen molar-refractivity contribution in [2.24, 2.45) is 4.99 Å². The molecule has 1 aliphatic heterocycles. The van der Waals surface area contributed by atoms with Crippen LogP contribution in [0.15, 0.2) is 35.3 Å². The zero-order valence-electron chi connectivity index (χ0n) is 8.37. The summed E-state index contributed by atoms with van der Waals surface area (Å²) in [5, 5.41) is 0. The Balaban J connectivity index is 2.07. The predicted molar refractivity (Wildman–Crippen MR) is 53.4 cm³/mol. The molecule has 1 aromatic carbocycles. The van der Waals surface area contributed by atoms with E-state index < -0.39 is 18.6 Å². The molecule has 0 radical (unpaired) electrons. The van der Waals surface area contributed by atoms with Crippen molar-refractivity contribution in [1.29, 1.82) is 0 Å². The van der Waals surface area contributed by atoms with Crippen LogP contribution >= 0.6 is 0 Å². The van der Waals surface area contributed by atoms with Crippen LogP contribution in [0.3, 0.4) is 0 Å². The Morgan fingerprint density at radius 3 is 2.56 bits per heavy atom. The van der Waals surface area contributed by atoms with Crippen molar-refractivity contribution in [2.45, 2.75) is 18.6 Å². The fraction of sp³-hybridized carbons (Fsp3) is 0.364. The highest BCUT2D eigenvalue weighted by atomic mass is 19.4. The van der Waals surface area contributed by atoms with Gasteiger partial charge in [-0.25, -0.2) is 4.99 Å². The van der Waals surface area contributed by atoms with Crippen molar-refractivity contribution in [3.8, 4) is 0 Å². The second-order valence-corrected chi connectivity index (χ2v) is 3.58. The van der Waals surface area contributed by atoms with Crippen molar-refractivity contribution in [3.05, 3.63) is 35.9 Å². The lowest BCUT2D eigenvalue weighted by molar-refractivity contribution is -0.138. The molecular weight excluding hydrogens is 219 g/mol. The van der Waals surface area contributed by atoms with E-state index in [1.165, 1.54) is 0 Å². The van der Waals surface area contributed by atoms with Gasteiger partial charge >= 0.3 is 6.18 Å². The topological polar surface area (TPSA) is 21.6 Å². The maximum absolute atomic E-state index is 12.1. The van der Waals surface area contributed by atoms with Crippen molar-refractivity contribution in [3.63, 3.8) is 0 Å². The molecule has 0 spiro atoms. The maximum atomic E-state index is 12.1. The summed E-state index contributed by atoms with van der Waals surface area (Å²) in [7, 11) is 0. The highest BCUT2D eigenvalue weighted by Crippen LogP contribution is 2.25. The molecular formula is C11H10F3NO. The SMILES string of the molecule is FC(F)(F)C[C@@H]1COC(c2ccccc2)=N1. The lowest BCUT2D eigenvalue weighted by Crippen LogP contribution is -2.18. The van der Waals surface area contributed by atoms with Gasteiger partial charge < -0.3 is 4.74 Å². The van der Waals surface area contributed by atoms with Gasteiger partial charge in [0, 0.05) is 5.56 Å². The first kappa shape index (κ1) is 11.0. The van der Waals surface area contributed by atoms with E-state index in [2.05, 4.69) is 4.99 Å². The van der Waals surface area contributed by atoms with Crippen LogP contribution in [-0.2, 0) is 4.74 Å². The molecule has 0 N–H and O–H groups in total.